The number of carbonyl (C=O) groups excluding carboxylic acids is 1. The smallest absolute Gasteiger partial charge is 0.380 e. The van der Waals surface area contributed by atoms with Crippen molar-refractivity contribution < 1.29 is 14.3 Å². The molecule has 0 aliphatic carbocycles. The van der Waals surface area contributed by atoms with Crippen molar-refractivity contribution in [3.8, 4) is 0 Å². The van der Waals surface area contributed by atoms with Crippen molar-refractivity contribution in [2.24, 2.45) is 0 Å². The number of hydrogen-bond donors (Lipinski definition) is 0. The van der Waals surface area contributed by atoms with Crippen molar-refractivity contribution in [3.05, 3.63) is 60.2 Å². The fourth-order valence-corrected chi connectivity index (χ4v) is 1.62. The molecule has 0 aromatic carbocycles. The van der Waals surface area contributed by atoms with Gasteiger partial charge in [-0.3, -0.25) is 9.97 Å². The van der Waals surface area contributed by atoms with E-state index in [0.29, 0.717) is 11.4 Å². The molecule has 0 saturated heterocycles. The molecule has 0 fully saturated rings. The van der Waals surface area contributed by atoms with Gasteiger partial charge in [-0.15, -0.1) is 0 Å². The van der Waals surface area contributed by atoms with Crippen molar-refractivity contribution in [1.29, 1.82) is 0 Å². The van der Waals surface area contributed by atoms with E-state index in [-0.39, 0.29) is 10.1 Å². The highest BCUT2D eigenvalue weighted by Gasteiger charge is 2.15. The van der Waals surface area contributed by atoms with Crippen molar-refractivity contribution in [2.75, 3.05) is 0 Å². The van der Waals surface area contributed by atoms with Gasteiger partial charge in [-0.05, 0) is 48.7 Å². The van der Waals surface area contributed by atoms with E-state index in [9.17, 15) is 4.79 Å². The van der Waals surface area contributed by atoms with Gasteiger partial charge in [-0.25, -0.2) is 4.79 Å². The molecule has 0 atom stereocenters. The van der Waals surface area contributed by atoms with Crippen LogP contribution in [0.25, 0.3) is 0 Å². The van der Waals surface area contributed by atoms with E-state index in [1.807, 2.05) is 0 Å². The largest absolute Gasteiger partial charge is 0.521 e. The average Bonchev–Trinajstić information content (AvgIpc) is 2.49. The highest BCUT2D eigenvalue weighted by Crippen LogP contribution is 2.04. The Labute approximate surface area is 125 Å². The van der Waals surface area contributed by atoms with Gasteiger partial charge in [0.2, 0.25) is 10.1 Å². The van der Waals surface area contributed by atoms with Gasteiger partial charge in [0.1, 0.15) is 11.4 Å². The Morgan fingerprint density at radius 1 is 0.850 bits per heavy atom. The molecule has 0 aliphatic rings. The second-order valence-corrected chi connectivity index (χ2v) is 4.20. The Bertz CT molecular complexity index is 577. The van der Waals surface area contributed by atoms with Gasteiger partial charge in [0.15, 0.2) is 0 Å². The third kappa shape index (κ3) is 3.87. The first-order valence-corrected chi connectivity index (χ1v) is 6.29. The minimum Gasteiger partial charge on any atom is -0.380 e. The van der Waals surface area contributed by atoms with Crippen LogP contribution in [0.15, 0.2) is 48.8 Å². The summed E-state index contributed by atoms with van der Waals surface area (Å²) in [6.45, 7) is 0. The third-order valence-corrected chi connectivity index (χ3v) is 2.69. The predicted molar refractivity (Wildman–Crippen MR) is 79.4 cm³/mol. The summed E-state index contributed by atoms with van der Waals surface area (Å²) in [5.41, 5.74) is 0.728. The van der Waals surface area contributed by atoms with Crippen molar-refractivity contribution in [2.45, 2.75) is 0 Å². The molecular weight excluding hydrogens is 296 g/mol. The second kappa shape index (κ2) is 6.78. The number of pyridine rings is 2. The van der Waals surface area contributed by atoms with E-state index in [2.05, 4.69) is 9.97 Å². The highest BCUT2D eigenvalue weighted by atomic mass is 32.1. The van der Waals surface area contributed by atoms with E-state index < -0.39 is 6.16 Å². The number of rotatable bonds is 2. The normalized spacial score (nSPS) is 9.60. The Kier molecular flexibility index (Phi) is 4.80. The maximum Gasteiger partial charge on any atom is 0.521 e. The van der Waals surface area contributed by atoms with E-state index in [4.69, 9.17) is 33.9 Å². The van der Waals surface area contributed by atoms with Crippen LogP contribution in [0.1, 0.15) is 11.4 Å². The molecular formula is C13H8N2O3S2. The lowest BCUT2D eigenvalue weighted by Gasteiger charge is -2.06. The zero-order valence-electron chi connectivity index (χ0n) is 10.1. The number of carbonyl (C=O) groups is 1. The molecule has 2 heterocycles. The van der Waals surface area contributed by atoms with Gasteiger partial charge in [0.05, 0.1) is 0 Å². The Morgan fingerprint density at radius 2 is 1.30 bits per heavy atom. The van der Waals surface area contributed by atoms with Gasteiger partial charge < -0.3 is 9.47 Å². The standard InChI is InChI=1S/C13H8N2O3S2/c16-13(17-11(19)9-5-1-3-7-14-9)18-12(20)10-6-2-4-8-15-10/h1-8H. The average molecular weight is 304 g/mol. The summed E-state index contributed by atoms with van der Waals surface area (Å²) in [6.07, 6.45) is 2.06. The molecule has 0 unspecified atom stereocenters. The third-order valence-electron chi connectivity index (χ3n) is 2.10. The number of aromatic nitrogens is 2. The van der Waals surface area contributed by atoms with Gasteiger partial charge in [0.25, 0.3) is 0 Å². The number of hydrogen-bond acceptors (Lipinski definition) is 7. The van der Waals surface area contributed by atoms with Gasteiger partial charge in [0, 0.05) is 12.4 Å². The summed E-state index contributed by atoms with van der Waals surface area (Å²) in [5, 5.41) is -0.168. The van der Waals surface area contributed by atoms with Crippen molar-refractivity contribution in [1.82, 2.24) is 9.97 Å². The van der Waals surface area contributed by atoms with Crippen LogP contribution in [0.5, 0.6) is 0 Å². The quantitative estimate of drug-likeness (QED) is 0.624. The van der Waals surface area contributed by atoms with Crippen LogP contribution < -0.4 is 0 Å². The SMILES string of the molecule is O=C(OC(=S)c1ccccn1)OC(=S)c1ccccn1. The molecule has 0 radical (unpaired) electrons. The lowest BCUT2D eigenvalue weighted by atomic mass is 10.4. The molecule has 100 valence electrons. The summed E-state index contributed by atoms with van der Waals surface area (Å²) in [4.78, 5) is 19.4. The number of thiocarbonyl (C=S) groups is 2. The summed E-state index contributed by atoms with van der Waals surface area (Å²) in [5.74, 6) is 0. The Balaban J connectivity index is 1.93. The zero-order valence-corrected chi connectivity index (χ0v) is 11.7. The van der Waals surface area contributed by atoms with Crippen molar-refractivity contribution in [3.63, 3.8) is 0 Å². The summed E-state index contributed by atoms with van der Waals surface area (Å²) < 4.78 is 9.64. The molecule has 0 amide bonds. The summed E-state index contributed by atoms with van der Waals surface area (Å²) >= 11 is 9.84. The fraction of sp³-hybridized carbons (Fsp3) is 0. The first-order chi connectivity index (χ1) is 9.66. The molecule has 0 bridgehead atoms. The maximum absolute atomic E-state index is 11.5. The minimum absolute atomic E-state index is 0.0839. The van der Waals surface area contributed by atoms with E-state index >= 15 is 0 Å². The molecule has 2 rings (SSSR count). The van der Waals surface area contributed by atoms with Crippen LogP contribution in [-0.2, 0) is 9.47 Å². The predicted octanol–water partition coefficient (Wildman–Crippen LogP) is 2.68. The number of ether oxygens (including phenoxy) is 2. The second-order valence-electron chi connectivity index (χ2n) is 3.46. The molecule has 7 heteroatoms. The van der Waals surface area contributed by atoms with Gasteiger partial charge >= 0.3 is 6.16 Å². The van der Waals surface area contributed by atoms with Crippen LogP contribution in [0, 0.1) is 0 Å². The van der Waals surface area contributed by atoms with E-state index in [1.165, 1.54) is 12.4 Å². The zero-order chi connectivity index (χ0) is 14.4. The molecule has 0 aliphatic heterocycles. The molecule has 20 heavy (non-hydrogen) atoms. The van der Waals surface area contributed by atoms with Gasteiger partial charge in [-0.2, -0.15) is 0 Å². The molecule has 5 nitrogen and oxygen atoms in total. The van der Waals surface area contributed by atoms with E-state index in [1.54, 1.807) is 36.4 Å². The first-order valence-electron chi connectivity index (χ1n) is 5.47. The Hall–Kier alpha value is -2.25. The minimum atomic E-state index is -1.02. The summed E-state index contributed by atoms with van der Waals surface area (Å²) in [6, 6.07) is 10.1. The van der Waals surface area contributed by atoms with E-state index in [0.717, 1.165) is 0 Å². The first kappa shape index (κ1) is 14.2. The summed E-state index contributed by atoms with van der Waals surface area (Å²) in [7, 11) is 0. The van der Waals surface area contributed by atoms with Crippen LogP contribution in [0.3, 0.4) is 0 Å². The fourth-order valence-electron chi connectivity index (χ4n) is 1.24. The molecule has 0 spiro atoms. The molecule has 0 N–H and O–H groups in total. The topological polar surface area (TPSA) is 61.3 Å². The monoisotopic (exact) mass is 304 g/mol. The highest BCUT2D eigenvalue weighted by molar-refractivity contribution is 7.80. The van der Waals surface area contributed by atoms with Crippen LogP contribution in [0.4, 0.5) is 4.79 Å². The van der Waals surface area contributed by atoms with Crippen LogP contribution in [0.2, 0.25) is 0 Å². The molecule has 0 saturated carbocycles. The lowest BCUT2D eigenvalue weighted by molar-refractivity contribution is 0.147. The lowest BCUT2D eigenvalue weighted by Crippen LogP contribution is -2.18. The van der Waals surface area contributed by atoms with Crippen LogP contribution in [-0.4, -0.2) is 26.2 Å². The molecule has 2 aromatic rings. The maximum atomic E-state index is 11.5. The van der Waals surface area contributed by atoms with Gasteiger partial charge in [-0.1, -0.05) is 12.1 Å². The van der Waals surface area contributed by atoms with Crippen molar-refractivity contribution >= 4 is 40.7 Å². The molecule has 2 aromatic heterocycles. The van der Waals surface area contributed by atoms with Crippen LogP contribution >= 0.6 is 24.4 Å². The Morgan fingerprint density at radius 3 is 1.65 bits per heavy atom. The number of nitrogens with zero attached hydrogens (tertiary/aromatic N) is 2.